The molecule has 6 heteroatoms. The van der Waals surface area contributed by atoms with E-state index in [0.717, 1.165) is 16.5 Å². The number of para-hydroxylation sites is 1. The number of amides is 1. The second-order valence-electron chi connectivity index (χ2n) is 9.53. The molecule has 182 valence electrons. The zero-order valence-corrected chi connectivity index (χ0v) is 20.5. The number of aliphatic hydroxyl groups is 1. The smallest absolute Gasteiger partial charge is 0.300 e. The van der Waals surface area contributed by atoms with Crippen molar-refractivity contribution in [3.05, 3.63) is 101 Å². The minimum Gasteiger partial charge on any atom is -0.507 e. The van der Waals surface area contributed by atoms with Gasteiger partial charge < -0.3 is 14.8 Å². The molecule has 2 heterocycles. The number of hydrogen-bond acceptors (Lipinski definition) is 4. The molecule has 6 nitrogen and oxygen atoms in total. The molecule has 0 radical (unpaired) electrons. The molecule has 1 saturated heterocycles. The Morgan fingerprint density at radius 2 is 1.78 bits per heavy atom. The van der Waals surface area contributed by atoms with Crippen LogP contribution in [0.25, 0.3) is 16.7 Å². The van der Waals surface area contributed by atoms with E-state index in [1.807, 2.05) is 79.7 Å². The summed E-state index contributed by atoms with van der Waals surface area (Å²) >= 11 is 0. The van der Waals surface area contributed by atoms with Crippen molar-refractivity contribution in [3.63, 3.8) is 0 Å². The Morgan fingerprint density at radius 1 is 1.03 bits per heavy atom. The van der Waals surface area contributed by atoms with Gasteiger partial charge in [-0.1, -0.05) is 61.9 Å². The van der Waals surface area contributed by atoms with Crippen LogP contribution in [0.5, 0.6) is 5.75 Å². The second kappa shape index (κ2) is 9.38. The molecule has 1 aliphatic heterocycles. The zero-order chi connectivity index (χ0) is 25.4. The first-order chi connectivity index (χ1) is 17.3. The van der Waals surface area contributed by atoms with Crippen molar-refractivity contribution in [3.8, 4) is 5.75 Å². The van der Waals surface area contributed by atoms with Gasteiger partial charge in [-0.2, -0.15) is 0 Å². The van der Waals surface area contributed by atoms with Gasteiger partial charge in [-0.25, -0.2) is 0 Å². The van der Waals surface area contributed by atoms with Crippen LogP contribution in [0, 0.1) is 12.8 Å². The van der Waals surface area contributed by atoms with Crippen LogP contribution in [0.15, 0.2) is 84.6 Å². The monoisotopic (exact) mass is 480 g/mol. The van der Waals surface area contributed by atoms with Gasteiger partial charge in [-0.15, -0.1) is 0 Å². The number of ketones is 1. The third kappa shape index (κ3) is 4.15. The fraction of sp³-hybridized carbons (Fsp3) is 0.200. The summed E-state index contributed by atoms with van der Waals surface area (Å²) in [5, 5.41) is 12.3. The number of aliphatic hydroxyl groups excluding tert-OH is 1. The molecule has 1 aromatic heterocycles. The molecule has 1 amide bonds. The molecule has 5 rings (SSSR count). The number of Topliss-reactive ketones (excluding diaryl/α,β-unsaturated/α-hetero) is 1. The van der Waals surface area contributed by atoms with Crippen LogP contribution in [-0.4, -0.2) is 28.4 Å². The van der Waals surface area contributed by atoms with Crippen molar-refractivity contribution in [2.75, 3.05) is 11.5 Å². The number of benzene rings is 3. The maximum Gasteiger partial charge on any atom is 0.300 e. The highest BCUT2D eigenvalue weighted by Crippen LogP contribution is 2.43. The van der Waals surface area contributed by atoms with Gasteiger partial charge in [0.1, 0.15) is 11.5 Å². The molecule has 0 aliphatic carbocycles. The van der Waals surface area contributed by atoms with Gasteiger partial charge in [0, 0.05) is 28.4 Å². The number of nitrogens with one attached hydrogen (secondary N) is 1. The number of hydrogen-bond donors (Lipinski definition) is 2. The molecule has 1 aliphatic rings. The predicted octanol–water partition coefficient (Wildman–Crippen LogP) is 6.14. The average molecular weight is 481 g/mol. The predicted molar refractivity (Wildman–Crippen MR) is 141 cm³/mol. The molecular weight excluding hydrogens is 452 g/mol. The quantitative estimate of drug-likeness (QED) is 0.197. The maximum absolute atomic E-state index is 13.5. The first-order valence-electron chi connectivity index (χ1n) is 12.0. The topological polar surface area (TPSA) is 82.6 Å². The molecular formula is C30H28N2O4. The van der Waals surface area contributed by atoms with Gasteiger partial charge in [-0.05, 0) is 48.7 Å². The number of rotatable bonds is 6. The molecule has 1 unspecified atom stereocenters. The maximum atomic E-state index is 13.5. The van der Waals surface area contributed by atoms with Crippen molar-refractivity contribution in [2.24, 2.45) is 5.92 Å². The Balaban J connectivity index is 1.70. The molecule has 0 spiro atoms. The Bertz CT molecular complexity index is 1480. The normalized spacial score (nSPS) is 17.3. The lowest BCUT2D eigenvalue weighted by Crippen LogP contribution is -2.29. The number of H-pyrrole nitrogens is 1. The number of aromatic nitrogens is 1. The van der Waals surface area contributed by atoms with E-state index < -0.39 is 17.7 Å². The van der Waals surface area contributed by atoms with Gasteiger partial charge >= 0.3 is 0 Å². The van der Waals surface area contributed by atoms with Crippen LogP contribution < -0.4 is 9.64 Å². The molecule has 3 aromatic carbocycles. The van der Waals surface area contributed by atoms with E-state index >= 15 is 0 Å². The largest absolute Gasteiger partial charge is 0.507 e. The van der Waals surface area contributed by atoms with Crippen LogP contribution in [-0.2, 0) is 9.59 Å². The third-order valence-corrected chi connectivity index (χ3v) is 6.36. The van der Waals surface area contributed by atoms with E-state index in [-0.39, 0.29) is 11.3 Å². The number of carbonyl (C=O) groups is 2. The van der Waals surface area contributed by atoms with E-state index in [1.54, 1.807) is 6.20 Å². The summed E-state index contributed by atoms with van der Waals surface area (Å²) in [5.74, 6) is -0.633. The van der Waals surface area contributed by atoms with E-state index in [0.29, 0.717) is 35.1 Å². The van der Waals surface area contributed by atoms with Crippen LogP contribution in [0.3, 0.4) is 0 Å². The van der Waals surface area contributed by atoms with Gasteiger partial charge in [0.2, 0.25) is 0 Å². The van der Waals surface area contributed by atoms with Gasteiger partial charge in [0.15, 0.2) is 0 Å². The number of carbonyl (C=O) groups excluding carboxylic acids is 2. The Labute approximate surface area is 209 Å². The lowest BCUT2D eigenvalue weighted by atomic mass is 9.94. The number of ether oxygens (including phenoxy) is 1. The lowest BCUT2D eigenvalue weighted by molar-refractivity contribution is -0.132. The summed E-state index contributed by atoms with van der Waals surface area (Å²) in [6.45, 7) is 6.63. The lowest BCUT2D eigenvalue weighted by Gasteiger charge is -2.26. The number of aromatic amines is 1. The standard InChI is InChI=1S/C30H28N2O4/c1-18(2)17-36-22-8-6-7-20(15-22)27-26(28(33)24-16-31-25-10-5-4-9-23(24)25)29(34)30(35)32(27)21-13-11-19(3)12-14-21/h4-16,18,27,31,33H,17H2,1-3H3/b28-26-. The first kappa shape index (κ1) is 23.4. The zero-order valence-electron chi connectivity index (χ0n) is 20.5. The minimum absolute atomic E-state index is 0.0475. The first-order valence-corrected chi connectivity index (χ1v) is 12.0. The Hall–Kier alpha value is -4.32. The van der Waals surface area contributed by atoms with E-state index in [4.69, 9.17) is 4.74 Å². The van der Waals surface area contributed by atoms with Crippen molar-refractivity contribution in [1.82, 2.24) is 4.98 Å². The van der Waals surface area contributed by atoms with E-state index in [2.05, 4.69) is 18.8 Å². The van der Waals surface area contributed by atoms with Gasteiger partial charge in [0.25, 0.3) is 11.7 Å². The summed E-state index contributed by atoms with van der Waals surface area (Å²) < 4.78 is 5.93. The molecule has 2 N–H and O–H groups in total. The van der Waals surface area contributed by atoms with Crippen LogP contribution >= 0.6 is 0 Å². The average Bonchev–Trinajstić information content (AvgIpc) is 3.42. The molecule has 0 saturated carbocycles. The Morgan fingerprint density at radius 3 is 2.53 bits per heavy atom. The highest BCUT2D eigenvalue weighted by Gasteiger charge is 2.47. The van der Waals surface area contributed by atoms with E-state index in [9.17, 15) is 14.7 Å². The summed E-state index contributed by atoms with van der Waals surface area (Å²) in [7, 11) is 0. The van der Waals surface area contributed by atoms with Crippen LogP contribution in [0.4, 0.5) is 5.69 Å². The molecule has 4 aromatic rings. The van der Waals surface area contributed by atoms with E-state index in [1.165, 1.54) is 4.90 Å². The molecule has 0 bridgehead atoms. The number of fused-ring (bicyclic) bond motifs is 1. The summed E-state index contributed by atoms with van der Waals surface area (Å²) in [4.78, 5) is 31.5. The van der Waals surface area contributed by atoms with Crippen LogP contribution in [0.2, 0.25) is 0 Å². The summed E-state index contributed by atoms with van der Waals surface area (Å²) in [6.07, 6.45) is 1.67. The minimum atomic E-state index is -0.816. The molecule has 1 atom stereocenters. The van der Waals surface area contributed by atoms with Crippen molar-refractivity contribution < 1.29 is 19.4 Å². The fourth-order valence-electron chi connectivity index (χ4n) is 4.57. The molecule has 36 heavy (non-hydrogen) atoms. The van der Waals surface area contributed by atoms with Crippen molar-refractivity contribution >= 4 is 34.0 Å². The summed E-state index contributed by atoms with van der Waals surface area (Å²) in [6, 6.07) is 21.5. The van der Waals surface area contributed by atoms with Crippen LogP contribution in [0.1, 0.15) is 36.6 Å². The number of nitrogens with zero attached hydrogens (tertiary/aromatic N) is 1. The highest BCUT2D eigenvalue weighted by molar-refractivity contribution is 6.51. The van der Waals surface area contributed by atoms with Gasteiger partial charge in [-0.3, -0.25) is 14.5 Å². The SMILES string of the molecule is Cc1ccc(N2C(=O)C(=O)/C(=C(\O)c3c[nH]c4ccccc34)C2c2cccc(OCC(C)C)c2)cc1. The number of aryl methyl sites for hydroxylation is 1. The van der Waals surface area contributed by atoms with Crippen molar-refractivity contribution in [1.29, 1.82) is 0 Å². The second-order valence-corrected chi connectivity index (χ2v) is 9.53. The van der Waals surface area contributed by atoms with Crippen molar-refractivity contribution in [2.45, 2.75) is 26.8 Å². The summed E-state index contributed by atoms with van der Waals surface area (Å²) in [5.41, 5.74) is 3.65. The van der Waals surface area contributed by atoms with Gasteiger partial charge in [0.05, 0.1) is 18.2 Å². The fourth-order valence-corrected chi connectivity index (χ4v) is 4.57. The third-order valence-electron chi connectivity index (χ3n) is 6.36. The molecule has 1 fully saturated rings. The Kier molecular flexibility index (Phi) is 6.10. The number of anilines is 1. The highest BCUT2D eigenvalue weighted by atomic mass is 16.5.